The van der Waals surface area contributed by atoms with Crippen LogP contribution in [0.4, 0.5) is 0 Å². The molecule has 0 spiro atoms. The van der Waals surface area contributed by atoms with Crippen molar-refractivity contribution in [1.29, 1.82) is 0 Å². The normalized spacial score (nSPS) is 22.1. The summed E-state index contributed by atoms with van der Waals surface area (Å²) in [6, 6.07) is 0.368. The molecule has 2 heterocycles. The molecule has 102 valence electrons. The molecule has 2 atom stereocenters. The number of rotatable bonds is 4. The van der Waals surface area contributed by atoms with Crippen LogP contribution < -0.4 is 5.32 Å². The molecule has 0 saturated carbocycles. The minimum absolute atomic E-state index is 0.368. The second-order valence-electron chi connectivity index (χ2n) is 5.27. The molecule has 0 radical (unpaired) electrons. The molecule has 3 nitrogen and oxygen atoms in total. The van der Waals surface area contributed by atoms with E-state index < -0.39 is 0 Å². The molecule has 0 aliphatic carbocycles. The van der Waals surface area contributed by atoms with E-state index in [9.17, 15) is 0 Å². The number of hydrogen-bond donors (Lipinski definition) is 1. The van der Waals surface area contributed by atoms with Crippen molar-refractivity contribution in [3.8, 4) is 0 Å². The molecule has 18 heavy (non-hydrogen) atoms. The van der Waals surface area contributed by atoms with Gasteiger partial charge in [-0.3, -0.25) is 0 Å². The third-order valence-electron chi connectivity index (χ3n) is 4.02. The molecule has 0 bridgehead atoms. The second kappa shape index (κ2) is 5.89. The van der Waals surface area contributed by atoms with Crippen molar-refractivity contribution in [3.63, 3.8) is 0 Å². The summed E-state index contributed by atoms with van der Waals surface area (Å²) in [4.78, 5) is 0. The Morgan fingerprint density at radius 2 is 2.06 bits per heavy atom. The number of aryl methyl sites for hydroxylation is 2. The van der Waals surface area contributed by atoms with Gasteiger partial charge in [-0.1, -0.05) is 6.92 Å². The van der Waals surface area contributed by atoms with E-state index in [1.807, 2.05) is 6.92 Å². The summed E-state index contributed by atoms with van der Waals surface area (Å²) in [6.07, 6.45) is 2.41. The standard InChI is InChI=1S/C15H25NO2/c1-5-16-15(13-7-6-8-17-9-13)14-10(2)11(3)18-12(14)4/h13,15-16H,5-9H2,1-4H3. The summed E-state index contributed by atoms with van der Waals surface area (Å²) in [5, 5.41) is 3.62. The highest BCUT2D eigenvalue weighted by Crippen LogP contribution is 2.34. The van der Waals surface area contributed by atoms with E-state index in [0.29, 0.717) is 12.0 Å². The van der Waals surface area contributed by atoms with Gasteiger partial charge in [0.15, 0.2) is 0 Å². The molecular formula is C15H25NO2. The van der Waals surface area contributed by atoms with E-state index in [2.05, 4.69) is 26.1 Å². The number of ether oxygens (including phenoxy) is 1. The molecule has 1 aromatic rings. The molecular weight excluding hydrogens is 226 g/mol. The molecule has 1 N–H and O–H groups in total. The Morgan fingerprint density at radius 1 is 1.28 bits per heavy atom. The Hall–Kier alpha value is -0.800. The molecule has 1 aliphatic heterocycles. The SMILES string of the molecule is CCNC(c1c(C)oc(C)c1C)C1CCCOC1. The summed E-state index contributed by atoms with van der Waals surface area (Å²) in [7, 11) is 0. The summed E-state index contributed by atoms with van der Waals surface area (Å²) >= 11 is 0. The first-order valence-corrected chi connectivity index (χ1v) is 7.02. The highest BCUT2D eigenvalue weighted by Gasteiger charge is 2.29. The zero-order valence-corrected chi connectivity index (χ0v) is 12.0. The maximum Gasteiger partial charge on any atom is 0.106 e. The van der Waals surface area contributed by atoms with Crippen LogP contribution in [0.2, 0.25) is 0 Å². The molecule has 0 amide bonds. The monoisotopic (exact) mass is 251 g/mol. The van der Waals surface area contributed by atoms with Crippen molar-refractivity contribution in [2.24, 2.45) is 5.92 Å². The van der Waals surface area contributed by atoms with Crippen LogP contribution in [-0.2, 0) is 4.74 Å². The Labute approximate surface area is 110 Å². The molecule has 0 aromatic carbocycles. The Morgan fingerprint density at radius 3 is 2.56 bits per heavy atom. The van der Waals surface area contributed by atoms with Crippen LogP contribution in [0.1, 0.15) is 48.5 Å². The van der Waals surface area contributed by atoms with Crippen molar-refractivity contribution >= 4 is 0 Å². The van der Waals surface area contributed by atoms with Crippen molar-refractivity contribution in [2.75, 3.05) is 19.8 Å². The van der Waals surface area contributed by atoms with Gasteiger partial charge in [-0.25, -0.2) is 0 Å². The third-order valence-corrected chi connectivity index (χ3v) is 4.02. The average Bonchev–Trinajstić information content (AvgIpc) is 2.62. The average molecular weight is 251 g/mol. The lowest BCUT2D eigenvalue weighted by Crippen LogP contribution is -2.34. The zero-order valence-electron chi connectivity index (χ0n) is 12.0. The smallest absolute Gasteiger partial charge is 0.106 e. The van der Waals surface area contributed by atoms with Crippen LogP contribution in [0.25, 0.3) is 0 Å². The Bertz CT molecular complexity index is 391. The quantitative estimate of drug-likeness (QED) is 0.891. The molecule has 2 unspecified atom stereocenters. The highest BCUT2D eigenvalue weighted by atomic mass is 16.5. The molecule has 3 heteroatoms. The first-order chi connectivity index (χ1) is 8.65. The lowest BCUT2D eigenvalue weighted by atomic mass is 9.87. The van der Waals surface area contributed by atoms with Gasteiger partial charge in [0.2, 0.25) is 0 Å². The lowest BCUT2D eigenvalue weighted by molar-refractivity contribution is 0.0390. The van der Waals surface area contributed by atoms with Gasteiger partial charge in [0.1, 0.15) is 11.5 Å². The summed E-state index contributed by atoms with van der Waals surface area (Å²) < 4.78 is 11.4. The Kier molecular flexibility index (Phi) is 4.46. The van der Waals surface area contributed by atoms with E-state index in [1.54, 1.807) is 0 Å². The highest BCUT2D eigenvalue weighted by molar-refractivity contribution is 5.34. The van der Waals surface area contributed by atoms with Gasteiger partial charge in [0, 0.05) is 24.1 Å². The molecule has 1 saturated heterocycles. The fraction of sp³-hybridized carbons (Fsp3) is 0.733. The predicted octanol–water partition coefficient (Wildman–Crippen LogP) is 3.28. The topological polar surface area (TPSA) is 34.4 Å². The van der Waals surface area contributed by atoms with Gasteiger partial charge < -0.3 is 14.5 Å². The van der Waals surface area contributed by atoms with E-state index >= 15 is 0 Å². The van der Waals surface area contributed by atoms with Crippen LogP contribution in [0.3, 0.4) is 0 Å². The minimum Gasteiger partial charge on any atom is -0.466 e. The molecule has 1 aromatic heterocycles. The van der Waals surface area contributed by atoms with Crippen LogP contribution in [0, 0.1) is 26.7 Å². The van der Waals surface area contributed by atoms with Crippen LogP contribution >= 0.6 is 0 Å². The Balaban J connectivity index is 2.28. The third kappa shape index (κ3) is 2.62. The van der Waals surface area contributed by atoms with Gasteiger partial charge in [0.05, 0.1) is 6.61 Å². The van der Waals surface area contributed by atoms with Crippen molar-refractivity contribution in [2.45, 2.75) is 46.6 Å². The maximum absolute atomic E-state index is 5.78. The predicted molar refractivity (Wildman–Crippen MR) is 72.9 cm³/mol. The molecule has 2 rings (SSSR count). The van der Waals surface area contributed by atoms with E-state index in [0.717, 1.165) is 31.3 Å². The van der Waals surface area contributed by atoms with Crippen molar-refractivity contribution in [3.05, 3.63) is 22.6 Å². The first-order valence-electron chi connectivity index (χ1n) is 7.02. The van der Waals surface area contributed by atoms with Crippen LogP contribution in [0.15, 0.2) is 4.42 Å². The molecule has 1 aliphatic rings. The largest absolute Gasteiger partial charge is 0.466 e. The van der Waals surface area contributed by atoms with Crippen molar-refractivity contribution in [1.82, 2.24) is 5.32 Å². The molecule has 1 fully saturated rings. The lowest BCUT2D eigenvalue weighted by Gasteiger charge is -2.31. The van der Waals surface area contributed by atoms with Gasteiger partial charge in [-0.2, -0.15) is 0 Å². The van der Waals surface area contributed by atoms with Gasteiger partial charge >= 0.3 is 0 Å². The van der Waals surface area contributed by atoms with Gasteiger partial charge in [-0.05, 0) is 45.7 Å². The summed E-state index contributed by atoms with van der Waals surface area (Å²) in [6.45, 7) is 11.2. The summed E-state index contributed by atoms with van der Waals surface area (Å²) in [5.74, 6) is 2.66. The van der Waals surface area contributed by atoms with Gasteiger partial charge in [0.25, 0.3) is 0 Å². The van der Waals surface area contributed by atoms with E-state index in [-0.39, 0.29) is 0 Å². The number of nitrogens with one attached hydrogen (secondary N) is 1. The van der Waals surface area contributed by atoms with Gasteiger partial charge in [-0.15, -0.1) is 0 Å². The van der Waals surface area contributed by atoms with Crippen LogP contribution in [-0.4, -0.2) is 19.8 Å². The van der Waals surface area contributed by atoms with Crippen LogP contribution in [0.5, 0.6) is 0 Å². The fourth-order valence-electron chi connectivity index (χ4n) is 3.02. The van der Waals surface area contributed by atoms with Crippen molar-refractivity contribution < 1.29 is 9.15 Å². The number of hydrogen-bond acceptors (Lipinski definition) is 3. The fourth-order valence-corrected chi connectivity index (χ4v) is 3.02. The first kappa shape index (κ1) is 13.6. The van der Waals surface area contributed by atoms with E-state index in [1.165, 1.54) is 24.0 Å². The number of furan rings is 1. The second-order valence-corrected chi connectivity index (χ2v) is 5.27. The van der Waals surface area contributed by atoms with E-state index in [4.69, 9.17) is 9.15 Å². The maximum atomic E-state index is 5.78. The zero-order chi connectivity index (χ0) is 13.1. The minimum atomic E-state index is 0.368. The summed E-state index contributed by atoms with van der Waals surface area (Å²) in [5.41, 5.74) is 2.65.